The van der Waals surface area contributed by atoms with Crippen LogP contribution in [0.15, 0.2) is 33.2 Å². The maximum Gasteiger partial charge on any atom is 0.326 e. The predicted octanol–water partition coefficient (Wildman–Crippen LogP) is 3.39. The van der Waals surface area contributed by atoms with Crippen molar-refractivity contribution in [3.8, 4) is 23.0 Å². The number of hydrogen-bond donors (Lipinski definition) is 2. The molecule has 0 fully saturated rings. The Morgan fingerprint density at radius 3 is 1.40 bits per heavy atom. The van der Waals surface area contributed by atoms with Crippen LogP contribution in [0.1, 0.15) is 61.3 Å². The van der Waals surface area contributed by atoms with E-state index in [9.17, 15) is 38.7 Å². The molecule has 2 aromatic rings. The van der Waals surface area contributed by atoms with Gasteiger partial charge < -0.3 is 29.8 Å². The summed E-state index contributed by atoms with van der Waals surface area (Å²) in [4.78, 5) is 87.3. The van der Waals surface area contributed by atoms with Gasteiger partial charge in [-0.1, -0.05) is 0 Å². The van der Waals surface area contributed by atoms with E-state index in [2.05, 4.69) is 31.9 Å². The summed E-state index contributed by atoms with van der Waals surface area (Å²) in [5.41, 5.74) is 4.90. The normalized spacial score (nSPS) is 11.1. The monoisotopic (exact) mass is 728 g/mol. The van der Waals surface area contributed by atoms with Crippen LogP contribution in [0.5, 0.6) is 23.0 Å². The van der Waals surface area contributed by atoms with E-state index in [1.54, 1.807) is 0 Å². The Kier molecular flexibility index (Phi) is 12.5. The predicted molar refractivity (Wildman–Crippen MR) is 154 cm³/mol. The number of imide groups is 1. The van der Waals surface area contributed by atoms with Crippen molar-refractivity contribution < 1.29 is 57.6 Å². The van der Waals surface area contributed by atoms with Crippen LogP contribution in [-0.4, -0.2) is 64.3 Å². The molecule has 43 heavy (non-hydrogen) atoms. The Morgan fingerprint density at radius 1 is 0.721 bits per heavy atom. The van der Waals surface area contributed by atoms with E-state index in [4.69, 9.17) is 24.7 Å². The third-order valence-corrected chi connectivity index (χ3v) is 6.41. The topological polar surface area (TPSA) is 206 Å². The number of nitrogens with zero attached hydrogens (tertiary/aromatic N) is 1. The third-order valence-electron chi connectivity index (χ3n) is 5.23. The first-order valence-corrected chi connectivity index (χ1v) is 13.9. The lowest BCUT2D eigenvalue weighted by molar-refractivity contribution is -0.142. The second-order valence-electron chi connectivity index (χ2n) is 8.71. The van der Waals surface area contributed by atoms with Gasteiger partial charge in [0.05, 0.1) is 8.95 Å². The summed E-state index contributed by atoms with van der Waals surface area (Å²) in [6.45, 7) is 4.33. The molecule has 16 heteroatoms. The lowest BCUT2D eigenvalue weighted by atomic mass is 10.0. The van der Waals surface area contributed by atoms with Crippen LogP contribution in [0.25, 0.3) is 0 Å². The molecule has 0 saturated heterocycles. The average Bonchev–Trinajstić information content (AvgIpc) is 2.88. The summed E-state index contributed by atoms with van der Waals surface area (Å²) in [5.74, 6) is -8.27. The zero-order valence-electron chi connectivity index (χ0n) is 23.2. The minimum Gasteiger partial charge on any atom is -0.480 e. The summed E-state index contributed by atoms with van der Waals surface area (Å²) in [6, 6.07) is 2.54. The Bertz CT molecular complexity index is 1390. The number of hydrogen-bond acceptors (Lipinski definition) is 12. The number of carboxylic acids is 1. The molecule has 3 N–H and O–H groups in total. The number of ether oxygens (including phenoxy) is 4. The third kappa shape index (κ3) is 9.42. The molecular weight excluding hydrogens is 704 g/mol. The van der Waals surface area contributed by atoms with Gasteiger partial charge in [0.1, 0.15) is 6.04 Å². The van der Waals surface area contributed by atoms with E-state index in [0.717, 1.165) is 52.0 Å². The van der Waals surface area contributed by atoms with Gasteiger partial charge in [0.25, 0.3) is 11.8 Å². The molecule has 1 atom stereocenters. The molecule has 0 heterocycles. The molecule has 0 spiro atoms. The maximum atomic E-state index is 13.9. The Morgan fingerprint density at radius 2 is 1.09 bits per heavy atom. The van der Waals surface area contributed by atoms with Crippen molar-refractivity contribution in [2.45, 2.75) is 46.6 Å². The van der Waals surface area contributed by atoms with Crippen molar-refractivity contribution in [3.63, 3.8) is 0 Å². The number of nitrogens with two attached hydrogens (primary N) is 1. The molecule has 230 valence electrons. The molecule has 0 radical (unpaired) electrons. The molecular formula is C27H26Br2N2O12. The first kappa shape index (κ1) is 35.0. The lowest BCUT2D eigenvalue weighted by Crippen LogP contribution is -2.49. The van der Waals surface area contributed by atoms with E-state index < -0.39 is 47.7 Å². The smallest absolute Gasteiger partial charge is 0.326 e. The van der Waals surface area contributed by atoms with Crippen LogP contribution in [0.2, 0.25) is 0 Å². The van der Waals surface area contributed by atoms with Gasteiger partial charge in [-0.05, 0) is 75.5 Å². The molecule has 0 bridgehead atoms. The fraction of sp³-hybridized carbons (Fsp3) is 0.296. The van der Waals surface area contributed by atoms with Crippen LogP contribution in [0.3, 0.4) is 0 Å². The van der Waals surface area contributed by atoms with Crippen molar-refractivity contribution in [1.29, 1.82) is 0 Å². The standard InChI is InChI=1S/C27H26Br2N2O12/c1-12(32)40-21-10-16(8-18(28)23(21)42-14(3)34)25(36)31(20(27(38)39)6-5-7-30)26(37)17-9-19(29)24(43-15(4)35)22(11-17)41-13(2)33/h8-11,20H,5-7,30H2,1-4H3,(H,38,39)/t20-/m0/s1. The van der Waals surface area contributed by atoms with Crippen molar-refractivity contribution in [2.75, 3.05) is 6.54 Å². The Balaban J connectivity index is 2.80. The molecule has 2 amide bonds. The fourth-order valence-corrected chi connectivity index (χ4v) is 4.70. The van der Waals surface area contributed by atoms with E-state index in [0.29, 0.717) is 4.90 Å². The van der Waals surface area contributed by atoms with Gasteiger partial charge >= 0.3 is 29.8 Å². The van der Waals surface area contributed by atoms with Gasteiger partial charge in [0.15, 0.2) is 23.0 Å². The second kappa shape index (κ2) is 15.4. The number of carbonyl (C=O) groups is 7. The summed E-state index contributed by atoms with van der Waals surface area (Å²) >= 11 is 6.28. The summed E-state index contributed by atoms with van der Waals surface area (Å²) < 4.78 is 20.3. The molecule has 0 unspecified atom stereocenters. The van der Waals surface area contributed by atoms with Crippen molar-refractivity contribution in [3.05, 3.63) is 44.3 Å². The molecule has 0 aliphatic heterocycles. The van der Waals surface area contributed by atoms with Crippen LogP contribution < -0.4 is 24.7 Å². The van der Waals surface area contributed by atoms with Gasteiger partial charge in [0, 0.05) is 38.8 Å². The van der Waals surface area contributed by atoms with Gasteiger partial charge in [-0.25, -0.2) is 4.79 Å². The van der Waals surface area contributed by atoms with Crippen molar-refractivity contribution >= 4 is 73.5 Å². The molecule has 2 aromatic carbocycles. The Hall–Kier alpha value is -4.15. The molecule has 0 aromatic heterocycles. The average molecular weight is 730 g/mol. The zero-order chi connectivity index (χ0) is 32.6. The van der Waals surface area contributed by atoms with Crippen LogP contribution in [0, 0.1) is 0 Å². The van der Waals surface area contributed by atoms with E-state index >= 15 is 0 Å². The number of rotatable bonds is 11. The number of halogens is 2. The number of carbonyl (C=O) groups excluding carboxylic acids is 6. The number of aliphatic carboxylic acids is 1. The van der Waals surface area contributed by atoms with Gasteiger partial charge in [-0.2, -0.15) is 0 Å². The van der Waals surface area contributed by atoms with Crippen LogP contribution in [-0.2, 0) is 24.0 Å². The van der Waals surface area contributed by atoms with E-state index in [1.807, 2.05) is 0 Å². The molecule has 2 rings (SSSR count). The van der Waals surface area contributed by atoms with Crippen LogP contribution in [0.4, 0.5) is 0 Å². The van der Waals surface area contributed by atoms with E-state index in [-0.39, 0.29) is 62.5 Å². The first-order chi connectivity index (χ1) is 20.1. The highest BCUT2D eigenvalue weighted by molar-refractivity contribution is 9.11. The minimum absolute atomic E-state index is 0.0309. The fourth-order valence-electron chi connectivity index (χ4n) is 3.66. The van der Waals surface area contributed by atoms with Crippen molar-refractivity contribution in [2.24, 2.45) is 5.73 Å². The molecule has 0 aliphatic rings. The zero-order valence-corrected chi connectivity index (χ0v) is 26.4. The molecule has 0 aliphatic carbocycles. The number of benzene rings is 2. The van der Waals surface area contributed by atoms with Gasteiger partial charge in [-0.15, -0.1) is 0 Å². The number of amides is 2. The second-order valence-corrected chi connectivity index (χ2v) is 10.4. The summed E-state index contributed by atoms with van der Waals surface area (Å²) in [7, 11) is 0. The highest BCUT2D eigenvalue weighted by atomic mass is 79.9. The first-order valence-electron chi connectivity index (χ1n) is 12.3. The summed E-state index contributed by atoms with van der Waals surface area (Å²) in [5, 5.41) is 10.0. The summed E-state index contributed by atoms with van der Waals surface area (Å²) in [6.07, 6.45) is -0.133. The van der Waals surface area contributed by atoms with Crippen LogP contribution >= 0.6 is 31.9 Å². The highest BCUT2D eigenvalue weighted by Gasteiger charge is 2.37. The number of esters is 4. The molecule has 0 saturated carbocycles. The number of carboxylic acid groups (broad SMARTS) is 1. The quantitative estimate of drug-likeness (QED) is 0.194. The van der Waals surface area contributed by atoms with Crippen molar-refractivity contribution in [1.82, 2.24) is 4.90 Å². The van der Waals surface area contributed by atoms with E-state index in [1.165, 1.54) is 0 Å². The lowest BCUT2D eigenvalue weighted by Gasteiger charge is -2.28. The highest BCUT2D eigenvalue weighted by Crippen LogP contribution is 2.39. The molecule has 14 nitrogen and oxygen atoms in total. The minimum atomic E-state index is -1.74. The SMILES string of the molecule is CC(=O)Oc1cc(C(=O)N(C(=O)c2cc(Br)c(OC(C)=O)c(OC(C)=O)c2)[C@@H](CCCN)C(=O)O)cc(Br)c1OC(C)=O. The van der Waals surface area contributed by atoms with Gasteiger partial charge in [-0.3, -0.25) is 33.7 Å². The Labute approximate surface area is 261 Å². The maximum absolute atomic E-state index is 13.9. The largest absolute Gasteiger partial charge is 0.480 e. The van der Waals surface area contributed by atoms with Gasteiger partial charge in [0.2, 0.25) is 0 Å².